The molecule has 1 atom stereocenters. The van der Waals surface area contributed by atoms with Gasteiger partial charge in [-0.2, -0.15) is 0 Å². The fourth-order valence-corrected chi connectivity index (χ4v) is 2.12. The predicted molar refractivity (Wildman–Crippen MR) is 65.0 cm³/mol. The number of hydrogen-bond acceptors (Lipinski definition) is 3. The van der Waals surface area contributed by atoms with Gasteiger partial charge in [0.2, 0.25) is 0 Å². The summed E-state index contributed by atoms with van der Waals surface area (Å²) in [4.78, 5) is 28.2. The van der Waals surface area contributed by atoms with Gasteiger partial charge in [0.15, 0.2) is 5.43 Å². The van der Waals surface area contributed by atoms with E-state index in [-0.39, 0.29) is 16.9 Å². The molecule has 1 saturated heterocycles. The van der Waals surface area contributed by atoms with Crippen molar-refractivity contribution in [1.29, 1.82) is 0 Å². The van der Waals surface area contributed by atoms with Crippen LogP contribution in [0.15, 0.2) is 23.3 Å². The van der Waals surface area contributed by atoms with Crippen LogP contribution < -0.4 is 10.7 Å². The molecule has 1 aromatic heterocycles. The SMILES string of the molecule is CN1CCC(CNC(=O)c2c[nH]ccc2=O)C1. The first-order chi connectivity index (χ1) is 8.16. The highest BCUT2D eigenvalue weighted by Crippen LogP contribution is 2.12. The van der Waals surface area contributed by atoms with Crippen LogP contribution >= 0.6 is 0 Å². The molecule has 17 heavy (non-hydrogen) atoms. The van der Waals surface area contributed by atoms with Gasteiger partial charge in [0.05, 0.1) is 0 Å². The zero-order chi connectivity index (χ0) is 12.3. The minimum absolute atomic E-state index is 0.179. The van der Waals surface area contributed by atoms with Crippen LogP contribution in [0.1, 0.15) is 16.8 Å². The third kappa shape index (κ3) is 2.94. The average Bonchev–Trinajstić information content (AvgIpc) is 2.73. The predicted octanol–water partition coefficient (Wildman–Crippen LogP) is 0.0564. The Labute approximate surface area is 99.8 Å². The maximum Gasteiger partial charge on any atom is 0.256 e. The van der Waals surface area contributed by atoms with Crippen molar-refractivity contribution in [3.05, 3.63) is 34.2 Å². The number of H-pyrrole nitrogens is 1. The van der Waals surface area contributed by atoms with Gasteiger partial charge >= 0.3 is 0 Å². The highest BCUT2D eigenvalue weighted by Gasteiger charge is 2.20. The van der Waals surface area contributed by atoms with E-state index >= 15 is 0 Å². The van der Waals surface area contributed by atoms with E-state index in [2.05, 4.69) is 22.2 Å². The standard InChI is InChI=1S/C12H17N3O2/c1-15-5-3-9(8-15)6-14-12(17)10-7-13-4-2-11(10)16/h2,4,7,9H,3,5-6,8H2,1H3,(H,13,16)(H,14,17). The summed E-state index contributed by atoms with van der Waals surface area (Å²) in [5.41, 5.74) is -0.0661. The Kier molecular flexibility index (Phi) is 3.58. The molecule has 5 heteroatoms. The fourth-order valence-electron chi connectivity index (χ4n) is 2.12. The molecule has 2 rings (SSSR count). The summed E-state index contributed by atoms with van der Waals surface area (Å²) in [5, 5.41) is 2.82. The van der Waals surface area contributed by atoms with Crippen molar-refractivity contribution in [3.8, 4) is 0 Å². The molecule has 0 aliphatic carbocycles. The first-order valence-corrected chi connectivity index (χ1v) is 5.80. The summed E-state index contributed by atoms with van der Waals surface area (Å²) in [6.07, 6.45) is 4.06. The second kappa shape index (κ2) is 5.14. The Bertz CT molecular complexity index is 455. The zero-order valence-electron chi connectivity index (χ0n) is 9.90. The largest absolute Gasteiger partial charge is 0.367 e. The van der Waals surface area contributed by atoms with Gasteiger partial charge in [-0.25, -0.2) is 0 Å². The lowest BCUT2D eigenvalue weighted by Crippen LogP contribution is -2.33. The molecule has 0 spiro atoms. The molecule has 2 N–H and O–H groups in total. The molecule has 1 fully saturated rings. The molecule has 0 saturated carbocycles. The number of hydrogen-bond donors (Lipinski definition) is 2. The molecule has 1 unspecified atom stereocenters. The molecule has 0 bridgehead atoms. The van der Waals surface area contributed by atoms with Crippen molar-refractivity contribution in [2.24, 2.45) is 5.92 Å². The van der Waals surface area contributed by atoms with Crippen LogP contribution in [0, 0.1) is 5.92 Å². The maximum absolute atomic E-state index is 11.8. The Balaban J connectivity index is 1.90. The summed E-state index contributed by atoms with van der Waals surface area (Å²) in [5.74, 6) is 0.202. The zero-order valence-corrected chi connectivity index (χ0v) is 9.90. The monoisotopic (exact) mass is 235 g/mol. The minimum atomic E-state index is -0.290. The number of rotatable bonds is 3. The first-order valence-electron chi connectivity index (χ1n) is 5.80. The van der Waals surface area contributed by atoms with Crippen LogP contribution in [-0.4, -0.2) is 42.5 Å². The summed E-state index contributed by atoms with van der Waals surface area (Å²) in [6.45, 7) is 2.72. The van der Waals surface area contributed by atoms with Crippen molar-refractivity contribution in [3.63, 3.8) is 0 Å². The van der Waals surface area contributed by atoms with Crippen LogP contribution in [-0.2, 0) is 0 Å². The summed E-state index contributed by atoms with van der Waals surface area (Å²) in [7, 11) is 2.07. The van der Waals surface area contributed by atoms with Gasteiger partial charge in [-0.3, -0.25) is 9.59 Å². The van der Waals surface area contributed by atoms with Crippen molar-refractivity contribution in [2.75, 3.05) is 26.7 Å². The Morgan fingerprint density at radius 2 is 2.47 bits per heavy atom. The normalized spacial score (nSPS) is 20.4. The van der Waals surface area contributed by atoms with Crippen molar-refractivity contribution < 1.29 is 4.79 Å². The van der Waals surface area contributed by atoms with Gasteiger partial charge in [-0.1, -0.05) is 0 Å². The highest BCUT2D eigenvalue weighted by atomic mass is 16.2. The van der Waals surface area contributed by atoms with Gasteiger partial charge < -0.3 is 15.2 Å². The average molecular weight is 235 g/mol. The number of aromatic amines is 1. The molecule has 5 nitrogen and oxygen atoms in total. The van der Waals surface area contributed by atoms with Crippen molar-refractivity contribution in [2.45, 2.75) is 6.42 Å². The molecule has 0 radical (unpaired) electrons. The number of carbonyl (C=O) groups excluding carboxylic acids is 1. The number of likely N-dealkylation sites (tertiary alicyclic amines) is 1. The van der Waals surface area contributed by atoms with Crippen LogP contribution in [0.3, 0.4) is 0 Å². The lowest BCUT2D eigenvalue weighted by Gasteiger charge is -2.11. The lowest BCUT2D eigenvalue weighted by molar-refractivity contribution is 0.0946. The number of aromatic nitrogens is 1. The van der Waals surface area contributed by atoms with E-state index in [0.29, 0.717) is 12.5 Å². The van der Waals surface area contributed by atoms with Gasteiger partial charge in [0, 0.05) is 31.5 Å². The molecule has 1 aliphatic heterocycles. The smallest absolute Gasteiger partial charge is 0.256 e. The van der Waals surface area contributed by atoms with E-state index in [1.54, 1.807) is 0 Å². The van der Waals surface area contributed by atoms with Crippen LogP contribution in [0.2, 0.25) is 0 Å². The van der Waals surface area contributed by atoms with Gasteiger partial charge in [-0.15, -0.1) is 0 Å². The van der Waals surface area contributed by atoms with Crippen molar-refractivity contribution >= 4 is 5.91 Å². The number of pyridine rings is 1. The third-order valence-corrected chi connectivity index (χ3v) is 3.11. The number of carbonyl (C=O) groups is 1. The Hall–Kier alpha value is -1.62. The molecular weight excluding hydrogens is 218 g/mol. The molecule has 1 aliphatic rings. The van der Waals surface area contributed by atoms with E-state index in [4.69, 9.17) is 0 Å². The maximum atomic E-state index is 11.8. The second-order valence-electron chi connectivity index (χ2n) is 4.55. The summed E-state index contributed by atoms with van der Waals surface area (Å²) < 4.78 is 0. The van der Waals surface area contributed by atoms with Crippen LogP contribution in [0.5, 0.6) is 0 Å². The topological polar surface area (TPSA) is 65.2 Å². The summed E-state index contributed by atoms with van der Waals surface area (Å²) in [6, 6.07) is 1.36. The molecule has 2 heterocycles. The first kappa shape index (κ1) is 11.9. The quantitative estimate of drug-likeness (QED) is 0.778. The molecule has 92 valence electrons. The van der Waals surface area contributed by atoms with E-state index < -0.39 is 0 Å². The molecule has 0 aromatic carbocycles. The van der Waals surface area contributed by atoms with Gasteiger partial charge in [0.25, 0.3) is 5.91 Å². The van der Waals surface area contributed by atoms with E-state index in [9.17, 15) is 9.59 Å². The Morgan fingerprint density at radius 3 is 3.12 bits per heavy atom. The number of nitrogens with one attached hydrogen (secondary N) is 2. The fraction of sp³-hybridized carbons (Fsp3) is 0.500. The molecular formula is C12H17N3O2. The molecule has 1 amide bonds. The minimum Gasteiger partial charge on any atom is -0.367 e. The van der Waals surface area contributed by atoms with Gasteiger partial charge in [-0.05, 0) is 25.9 Å². The molecule has 1 aromatic rings. The van der Waals surface area contributed by atoms with Crippen LogP contribution in [0.4, 0.5) is 0 Å². The van der Waals surface area contributed by atoms with E-state index in [1.807, 2.05) is 0 Å². The van der Waals surface area contributed by atoms with E-state index in [0.717, 1.165) is 19.5 Å². The van der Waals surface area contributed by atoms with Crippen molar-refractivity contribution in [1.82, 2.24) is 15.2 Å². The highest BCUT2D eigenvalue weighted by molar-refractivity contribution is 5.93. The second-order valence-corrected chi connectivity index (χ2v) is 4.55. The van der Waals surface area contributed by atoms with Crippen LogP contribution in [0.25, 0.3) is 0 Å². The number of nitrogens with zero attached hydrogens (tertiary/aromatic N) is 1. The van der Waals surface area contributed by atoms with E-state index in [1.165, 1.54) is 18.5 Å². The summed E-state index contributed by atoms with van der Waals surface area (Å²) >= 11 is 0. The lowest BCUT2D eigenvalue weighted by atomic mass is 10.1. The third-order valence-electron chi connectivity index (χ3n) is 3.11. The Morgan fingerprint density at radius 1 is 1.65 bits per heavy atom. The number of amides is 1. The van der Waals surface area contributed by atoms with Gasteiger partial charge in [0.1, 0.15) is 5.56 Å².